The zero-order chi connectivity index (χ0) is 13.6. The Balaban J connectivity index is 1.94. The molecule has 2 rings (SSSR count). The van der Waals surface area contributed by atoms with Crippen molar-refractivity contribution in [2.45, 2.75) is 101 Å². The molecule has 0 aromatic carbocycles. The minimum absolute atomic E-state index is 0.464. The zero-order valence-electron chi connectivity index (χ0n) is 12.5. The van der Waals surface area contributed by atoms with Gasteiger partial charge in [0.2, 0.25) is 0 Å². The summed E-state index contributed by atoms with van der Waals surface area (Å²) in [7, 11) is 0. The van der Waals surface area contributed by atoms with Gasteiger partial charge >= 0.3 is 0 Å². The third-order valence-electron chi connectivity index (χ3n) is 4.81. The van der Waals surface area contributed by atoms with Crippen LogP contribution in [0.2, 0.25) is 0 Å². The second-order valence-corrected chi connectivity index (χ2v) is 6.77. The summed E-state index contributed by atoms with van der Waals surface area (Å²) in [6.45, 7) is 0. The summed E-state index contributed by atoms with van der Waals surface area (Å²) >= 11 is 0. The lowest BCUT2D eigenvalue weighted by Crippen LogP contribution is -2.55. The van der Waals surface area contributed by atoms with Crippen LogP contribution >= 0.6 is 0 Å². The van der Waals surface area contributed by atoms with Gasteiger partial charge in [-0.2, -0.15) is 0 Å². The molecule has 0 spiro atoms. The highest BCUT2D eigenvalue weighted by Gasteiger charge is 2.36. The predicted molar refractivity (Wildman–Crippen MR) is 79.6 cm³/mol. The van der Waals surface area contributed by atoms with Crippen molar-refractivity contribution in [2.24, 2.45) is 11.5 Å². The summed E-state index contributed by atoms with van der Waals surface area (Å²) in [5.41, 5.74) is 12.1. The average Bonchev–Trinajstić information content (AvgIpc) is 2.31. The van der Waals surface area contributed by atoms with E-state index in [2.05, 4.69) is 0 Å². The Hall–Kier alpha value is -0.120. The van der Waals surface area contributed by atoms with E-state index >= 15 is 0 Å². The lowest BCUT2D eigenvalue weighted by Gasteiger charge is -2.41. The highest BCUT2D eigenvalue weighted by atomic mass is 16.5. The molecule has 2 aliphatic rings. The van der Waals surface area contributed by atoms with E-state index in [0.29, 0.717) is 0 Å². The first-order valence-corrected chi connectivity index (χ1v) is 8.40. The zero-order valence-corrected chi connectivity index (χ0v) is 12.5. The maximum Gasteiger partial charge on any atom is 0.119 e. The first-order chi connectivity index (χ1) is 9.12. The molecule has 0 atom stereocenters. The van der Waals surface area contributed by atoms with Crippen LogP contribution in [-0.2, 0) is 4.74 Å². The minimum Gasteiger partial charge on any atom is -0.340 e. The van der Waals surface area contributed by atoms with E-state index in [1.165, 1.54) is 64.2 Å². The highest BCUT2D eigenvalue weighted by Crippen LogP contribution is 2.33. The maximum absolute atomic E-state index is 6.53. The fraction of sp³-hybridized carbons (Fsp3) is 1.00. The Bertz CT molecular complexity index is 225. The van der Waals surface area contributed by atoms with Gasteiger partial charge in [-0.3, -0.25) is 0 Å². The van der Waals surface area contributed by atoms with Crippen molar-refractivity contribution in [3.63, 3.8) is 0 Å². The molecular formula is C16H32N2O. The van der Waals surface area contributed by atoms with Gasteiger partial charge in [-0.15, -0.1) is 0 Å². The molecule has 112 valence electrons. The van der Waals surface area contributed by atoms with Crippen molar-refractivity contribution in [1.82, 2.24) is 0 Å². The fourth-order valence-electron chi connectivity index (χ4n) is 3.62. The molecule has 0 amide bonds. The lowest BCUT2D eigenvalue weighted by atomic mass is 9.91. The van der Waals surface area contributed by atoms with Gasteiger partial charge in [0.25, 0.3) is 0 Å². The predicted octanol–water partition coefficient (Wildman–Crippen LogP) is 3.80. The Labute approximate surface area is 118 Å². The Morgan fingerprint density at radius 3 is 1.05 bits per heavy atom. The molecule has 0 bridgehead atoms. The minimum atomic E-state index is -0.464. The SMILES string of the molecule is NC1(OC2(N)CCCCCCC2)CCCCCCC1. The van der Waals surface area contributed by atoms with Gasteiger partial charge in [-0.05, 0) is 51.4 Å². The highest BCUT2D eigenvalue weighted by molar-refractivity contribution is 4.84. The fourth-order valence-corrected chi connectivity index (χ4v) is 3.62. The van der Waals surface area contributed by atoms with Crippen LogP contribution in [0.25, 0.3) is 0 Å². The standard InChI is InChI=1S/C16H32N2O/c17-15(11-7-3-1-4-8-12-15)19-16(18)13-9-5-2-6-10-14-16/h1-14,17-18H2. The van der Waals surface area contributed by atoms with Crippen LogP contribution in [0.5, 0.6) is 0 Å². The molecule has 2 aliphatic carbocycles. The Kier molecular flexibility index (Phi) is 5.67. The van der Waals surface area contributed by atoms with Crippen LogP contribution in [-0.4, -0.2) is 11.4 Å². The summed E-state index contributed by atoms with van der Waals surface area (Å²) in [6.07, 6.45) is 16.5. The van der Waals surface area contributed by atoms with Crippen LogP contribution in [0.3, 0.4) is 0 Å². The molecule has 19 heavy (non-hydrogen) atoms. The Morgan fingerprint density at radius 1 is 0.474 bits per heavy atom. The van der Waals surface area contributed by atoms with Crippen LogP contribution in [0.15, 0.2) is 0 Å². The summed E-state index contributed by atoms with van der Waals surface area (Å²) in [5.74, 6) is 0. The first kappa shape index (κ1) is 15.3. The molecule has 2 fully saturated rings. The molecule has 0 aromatic rings. The number of nitrogens with two attached hydrogens (primary N) is 2. The Morgan fingerprint density at radius 2 is 0.737 bits per heavy atom. The summed E-state index contributed by atoms with van der Waals surface area (Å²) in [5, 5.41) is 0. The number of hydrogen-bond donors (Lipinski definition) is 2. The van der Waals surface area contributed by atoms with Gasteiger partial charge < -0.3 is 16.2 Å². The van der Waals surface area contributed by atoms with Crippen LogP contribution in [0.4, 0.5) is 0 Å². The van der Waals surface area contributed by atoms with Gasteiger partial charge in [0, 0.05) is 0 Å². The number of ether oxygens (including phenoxy) is 1. The van der Waals surface area contributed by atoms with Gasteiger partial charge in [-0.25, -0.2) is 0 Å². The largest absolute Gasteiger partial charge is 0.340 e. The molecule has 3 nitrogen and oxygen atoms in total. The summed E-state index contributed by atoms with van der Waals surface area (Å²) in [6, 6.07) is 0. The first-order valence-electron chi connectivity index (χ1n) is 8.40. The van der Waals surface area contributed by atoms with E-state index in [0.717, 1.165) is 25.7 Å². The molecule has 0 radical (unpaired) electrons. The van der Waals surface area contributed by atoms with E-state index in [1.54, 1.807) is 0 Å². The van der Waals surface area contributed by atoms with E-state index < -0.39 is 11.4 Å². The maximum atomic E-state index is 6.53. The smallest absolute Gasteiger partial charge is 0.119 e. The van der Waals surface area contributed by atoms with Crippen LogP contribution in [0, 0.1) is 0 Å². The third kappa shape index (κ3) is 5.05. The van der Waals surface area contributed by atoms with Gasteiger partial charge in [0.15, 0.2) is 0 Å². The molecule has 0 unspecified atom stereocenters. The van der Waals surface area contributed by atoms with E-state index in [4.69, 9.17) is 16.2 Å². The van der Waals surface area contributed by atoms with E-state index in [9.17, 15) is 0 Å². The van der Waals surface area contributed by atoms with Gasteiger partial charge in [0.1, 0.15) is 11.4 Å². The molecule has 2 saturated carbocycles. The third-order valence-corrected chi connectivity index (χ3v) is 4.81. The van der Waals surface area contributed by atoms with Gasteiger partial charge in [0.05, 0.1) is 0 Å². The normalized spacial score (nSPS) is 28.7. The topological polar surface area (TPSA) is 61.3 Å². The monoisotopic (exact) mass is 268 g/mol. The van der Waals surface area contributed by atoms with Crippen LogP contribution in [0.1, 0.15) is 89.9 Å². The number of hydrogen-bond acceptors (Lipinski definition) is 3. The van der Waals surface area contributed by atoms with Gasteiger partial charge in [-0.1, -0.05) is 38.5 Å². The summed E-state index contributed by atoms with van der Waals surface area (Å²) < 4.78 is 6.33. The average molecular weight is 268 g/mol. The summed E-state index contributed by atoms with van der Waals surface area (Å²) in [4.78, 5) is 0. The lowest BCUT2D eigenvalue weighted by molar-refractivity contribution is -0.172. The molecule has 0 heterocycles. The molecule has 0 aromatic heterocycles. The quantitative estimate of drug-likeness (QED) is 0.749. The van der Waals surface area contributed by atoms with Crippen LogP contribution < -0.4 is 11.5 Å². The molecule has 4 N–H and O–H groups in total. The van der Waals surface area contributed by atoms with Crippen molar-refractivity contribution in [3.8, 4) is 0 Å². The van der Waals surface area contributed by atoms with Crippen molar-refractivity contribution in [1.29, 1.82) is 0 Å². The molecule has 0 aliphatic heterocycles. The van der Waals surface area contributed by atoms with Crippen molar-refractivity contribution < 1.29 is 4.74 Å². The number of rotatable bonds is 2. The second-order valence-electron chi connectivity index (χ2n) is 6.77. The second kappa shape index (κ2) is 7.05. The van der Waals surface area contributed by atoms with Crippen molar-refractivity contribution in [3.05, 3.63) is 0 Å². The van der Waals surface area contributed by atoms with Crippen molar-refractivity contribution in [2.75, 3.05) is 0 Å². The van der Waals surface area contributed by atoms with E-state index in [-0.39, 0.29) is 0 Å². The van der Waals surface area contributed by atoms with Crippen molar-refractivity contribution >= 4 is 0 Å². The molecule has 0 saturated heterocycles. The van der Waals surface area contributed by atoms with E-state index in [1.807, 2.05) is 0 Å². The molecular weight excluding hydrogens is 236 g/mol. The molecule has 3 heteroatoms.